The molecular weight excluding hydrogens is 589 g/mol. The van der Waals surface area contributed by atoms with Crippen LogP contribution in [0.25, 0.3) is 0 Å². The molecule has 0 aliphatic carbocycles. The van der Waals surface area contributed by atoms with E-state index in [0.717, 1.165) is 16.1 Å². The fourth-order valence-corrected chi connectivity index (χ4v) is 5.44. The van der Waals surface area contributed by atoms with Crippen LogP contribution in [0.15, 0.2) is 66.7 Å². The number of methoxy groups -OCH3 is 2. The summed E-state index contributed by atoms with van der Waals surface area (Å²) >= 11 is 12.4. The van der Waals surface area contributed by atoms with Gasteiger partial charge in [-0.2, -0.15) is 0 Å². The van der Waals surface area contributed by atoms with Crippen molar-refractivity contribution in [3.05, 3.63) is 87.9 Å². The quantitative estimate of drug-likeness (QED) is 0.300. The molecule has 0 aliphatic heterocycles. The number of amides is 2. The molecule has 1 N–H and O–H groups in total. The molecule has 3 rings (SSSR count). The van der Waals surface area contributed by atoms with Gasteiger partial charge in [-0.3, -0.25) is 13.9 Å². The van der Waals surface area contributed by atoms with Gasteiger partial charge in [-0.05, 0) is 42.3 Å². The van der Waals surface area contributed by atoms with Gasteiger partial charge in [-0.25, -0.2) is 8.42 Å². The molecule has 41 heavy (non-hydrogen) atoms. The lowest BCUT2D eigenvalue weighted by Gasteiger charge is -2.33. The van der Waals surface area contributed by atoms with Gasteiger partial charge in [0.05, 0.1) is 36.2 Å². The number of anilines is 1. The predicted octanol–water partition coefficient (Wildman–Crippen LogP) is 4.55. The molecule has 3 aromatic carbocycles. The molecule has 3 aromatic rings. The summed E-state index contributed by atoms with van der Waals surface area (Å²) in [4.78, 5) is 28.9. The summed E-state index contributed by atoms with van der Waals surface area (Å²) in [7, 11) is -1.11. The molecule has 0 aliphatic rings. The molecule has 1 atom stereocenters. The van der Waals surface area contributed by atoms with E-state index in [-0.39, 0.29) is 35.3 Å². The fourth-order valence-electron chi connectivity index (χ4n) is 4.27. The van der Waals surface area contributed by atoms with Gasteiger partial charge in [0.15, 0.2) is 0 Å². The van der Waals surface area contributed by atoms with Crippen molar-refractivity contribution in [3.63, 3.8) is 0 Å². The summed E-state index contributed by atoms with van der Waals surface area (Å²) in [5, 5.41) is 3.44. The van der Waals surface area contributed by atoms with Crippen LogP contribution in [0.2, 0.25) is 10.0 Å². The summed E-state index contributed by atoms with van der Waals surface area (Å²) in [6, 6.07) is 17.8. The molecule has 1 unspecified atom stereocenters. The van der Waals surface area contributed by atoms with Crippen LogP contribution in [0.5, 0.6) is 11.5 Å². The minimum atomic E-state index is -3.97. The van der Waals surface area contributed by atoms with Crippen molar-refractivity contribution in [2.75, 3.05) is 37.9 Å². The van der Waals surface area contributed by atoms with Crippen LogP contribution in [-0.4, -0.2) is 64.7 Å². The summed E-state index contributed by atoms with van der Waals surface area (Å²) in [5.74, 6) is -0.335. The molecule has 0 radical (unpaired) electrons. The minimum Gasteiger partial charge on any atom is -0.497 e. The number of benzene rings is 3. The zero-order valence-electron chi connectivity index (χ0n) is 23.3. The molecular formula is C29H33Cl2N3O6S. The van der Waals surface area contributed by atoms with Crippen molar-refractivity contribution in [3.8, 4) is 11.5 Å². The van der Waals surface area contributed by atoms with E-state index in [4.69, 9.17) is 32.7 Å². The maximum Gasteiger partial charge on any atom is 0.244 e. The lowest BCUT2D eigenvalue weighted by atomic mass is 10.0. The number of rotatable bonds is 13. The van der Waals surface area contributed by atoms with Crippen LogP contribution >= 0.6 is 23.2 Å². The highest BCUT2D eigenvalue weighted by molar-refractivity contribution is 7.92. The third kappa shape index (κ3) is 8.51. The first-order chi connectivity index (χ1) is 19.5. The van der Waals surface area contributed by atoms with E-state index in [9.17, 15) is 18.0 Å². The van der Waals surface area contributed by atoms with Gasteiger partial charge >= 0.3 is 0 Å². The standard InChI is InChI=1S/C29H33Cl2N3O6S/c1-5-32-29(36)26(16-20-9-7-6-8-10-20)33(18-21-11-13-23(30)24(31)15-21)28(35)19-34(41(4,37)38)25-14-12-22(39-2)17-27(25)40-3/h6-15,17,26H,5,16,18-19H2,1-4H3,(H,32,36). The smallest absolute Gasteiger partial charge is 0.244 e. The number of carbonyl (C=O) groups is 2. The Bertz CT molecular complexity index is 1470. The van der Waals surface area contributed by atoms with Crippen molar-refractivity contribution >= 4 is 50.7 Å². The molecule has 2 amide bonds. The van der Waals surface area contributed by atoms with E-state index in [0.29, 0.717) is 22.9 Å². The molecule has 0 saturated heterocycles. The number of hydrogen-bond donors (Lipinski definition) is 1. The topological polar surface area (TPSA) is 105 Å². The highest BCUT2D eigenvalue weighted by Crippen LogP contribution is 2.34. The van der Waals surface area contributed by atoms with Gasteiger partial charge in [0.2, 0.25) is 21.8 Å². The Morgan fingerprint density at radius 3 is 2.22 bits per heavy atom. The number of nitrogens with one attached hydrogen (secondary N) is 1. The molecule has 12 heteroatoms. The highest BCUT2D eigenvalue weighted by Gasteiger charge is 2.33. The minimum absolute atomic E-state index is 0.0261. The fraction of sp³-hybridized carbons (Fsp3) is 0.310. The third-order valence-electron chi connectivity index (χ3n) is 6.29. The van der Waals surface area contributed by atoms with E-state index < -0.39 is 28.5 Å². The van der Waals surface area contributed by atoms with Crippen LogP contribution in [-0.2, 0) is 32.6 Å². The summed E-state index contributed by atoms with van der Waals surface area (Å²) < 4.78 is 37.6. The first kappa shape index (κ1) is 32.0. The van der Waals surface area contributed by atoms with Crippen LogP contribution < -0.4 is 19.1 Å². The maximum absolute atomic E-state index is 14.1. The van der Waals surface area contributed by atoms with Crippen molar-refractivity contribution in [1.82, 2.24) is 10.2 Å². The van der Waals surface area contributed by atoms with Gasteiger partial charge < -0.3 is 19.7 Å². The number of sulfonamides is 1. The van der Waals surface area contributed by atoms with Crippen LogP contribution in [0.3, 0.4) is 0 Å². The second-order valence-electron chi connectivity index (χ2n) is 9.18. The molecule has 9 nitrogen and oxygen atoms in total. The van der Waals surface area contributed by atoms with Crippen molar-refractivity contribution in [2.24, 2.45) is 0 Å². The van der Waals surface area contributed by atoms with Crippen LogP contribution in [0.4, 0.5) is 5.69 Å². The van der Waals surface area contributed by atoms with Gasteiger partial charge in [0.25, 0.3) is 0 Å². The Kier molecular flexibility index (Phi) is 11.3. The van der Waals surface area contributed by atoms with Gasteiger partial charge in [-0.15, -0.1) is 0 Å². The van der Waals surface area contributed by atoms with Gasteiger partial charge in [0.1, 0.15) is 24.1 Å². The molecule has 220 valence electrons. The second-order valence-corrected chi connectivity index (χ2v) is 11.9. The predicted molar refractivity (Wildman–Crippen MR) is 161 cm³/mol. The summed E-state index contributed by atoms with van der Waals surface area (Å²) in [6.45, 7) is 1.51. The van der Waals surface area contributed by atoms with Crippen LogP contribution in [0, 0.1) is 0 Å². The average molecular weight is 623 g/mol. The maximum atomic E-state index is 14.1. The van der Waals surface area contributed by atoms with E-state index in [1.165, 1.54) is 31.3 Å². The molecule has 0 fully saturated rings. The normalized spacial score (nSPS) is 11.9. The van der Waals surface area contributed by atoms with E-state index in [1.807, 2.05) is 30.3 Å². The lowest BCUT2D eigenvalue weighted by molar-refractivity contribution is -0.140. The Morgan fingerprint density at radius 1 is 0.927 bits per heavy atom. The SMILES string of the molecule is CCNC(=O)C(Cc1ccccc1)N(Cc1ccc(Cl)c(Cl)c1)C(=O)CN(c1ccc(OC)cc1OC)S(C)(=O)=O. The molecule has 0 saturated carbocycles. The zero-order chi connectivity index (χ0) is 30.2. The second kappa shape index (κ2) is 14.4. The largest absolute Gasteiger partial charge is 0.497 e. The molecule has 0 bridgehead atoms. The monoisotopic (exact) mass is 621 g/mol. The number of ether oxygens (including phenoxy) is 2. The van der Waals surface area contributed by atoms with E-state index in [1.54, 1.807) is 31.2 Å². The number of halogens is 2. The van der Waals surface area contributed by atoms with Crippen LogP contribution in [0.1, 0.15) is 18.1 Å². The first-order valence-electron chi connectivity index (χ1n) is 12.7. The Morgan fingerprint density at radius 2 is 1.63 bits per heavy atom. The van der Waals surface area contributed by atoms with Gasteiger partial charge in [-0.1, -0.05) is 59.6 Å². The number of carbonyl (C=O) groups excluding carboxylic acids is 2. The molecule has 0 aromatic heterocycles. The van der Waals surface area contributed by atoms with E-state index >= 15 is 0 Å². The molecule has 0 spiro atoms. The lowest BCUT2D eigenvalue weighted by Crippen LogP contribution is -2.53. The van der Waals surface area contributed by atoms with Crippen molar-refractivity contribution in [2.45, 2.75) is 25.9 Å². The summed E-state index contributed by atoms with van der Waals surface area (Å²) in [6.07, 6.45) is 1.20. The zero-order valence-corrected chi connectivity index (χ0v) is 25.6. The summed E-state index contributed by atoms with van der Waals surface area (Å²) in [5.41, 5.74) is 1.59. The average Bonchev–Trinajstić information content (AvgIpc) is 2.95. The third-order valence-corrected chi connectivity index (χ3v) is 8.16. The van der Waals surface area contributed by atoms with E-state index in [2.05, 4.69) is 5.32 Å². The first-order valence-corrected chi connectivity index (χ1v) is 15.3. The number of nitrogens with zero attached hydrogens (tertiary/aromatic N) is 2. The number of likely N-dealkylation sites (N-methyl/N-ethyl adjacent to an activating group) is 1. The number of hydrogen-bond acceptors (Lipinski definition) is 6. The van der Waals surface area contributed by atoms with Crippen molar-refractivity contribution in [1.29, 1.82) is 0 Å². The Labute approximate surface area is 251 Å². The highest BCUT2D eigenvalue weighted by atomic mass is 35.5. The van der Waals surface area contributed by atoms with Crippen molar-refractivity contribution < 1.29 is 27.5 Å². The molecule has 0 heterocycles. The Balaban J connectivity index is 2.09. The van der Waals surface area contributed by atoms with Gasteiger partial charge in [0, 0.05) is 25.6 Å². The Hall–Kier alpha value is -3.47.